The van der Waals surface area contributed by atoms with E-state index >= 15 is 0 Å². The summed E-state index contributed by atoms with van der Waals surface area (Å²) in [7, 11) is -6.16. The Morgan fingerprint density at radius 3 is 1.58 bits per heavy atom. The molecule has 0 saturated carbocycles. The van der Waals surface area contributed by atoms with Gasteiger partial charge in [-0.3, -0.25) is 0 Å². The molecule has 0 fully saturated rings. The standard InChI is InChI=1S/C64H43NOSSi2/c1-3-21-48(22-4-1)68(49-23-5-2-6-24-49)60-35-15-16-36-61(60)69(58-33-13-10-30-55(58)66-56-31-11-14-34-59(56)69)62-42-41-47(43-63(62)68)65(54-29-18-28-53-52-26-9-12-32-57(52)67-64(53)54)46-39-37-45(38-40-46)51-27-17-20-44-19-7-8-25-50(44)51/h1-43H. The number of para-hydroxylation sites is 2. The van der Waals surface area contributed by atoms with Crippen LogP contribution in [0, 0.1) is 0 Å². The molecule has 14 rings (SSSR count). The van der Waals surface area contributed by atoms with Gasteiger partial charge in [0.05, 0.1) is 10.4 Å². The van der Waals surface area contributed by atoms with Crippen molar-refractivity contribution >= 4 is 117 Å². The van der Waals surface area contributed by atoms with Crippen LogP contribution in [0.1, 0.15) is 0 Å². The Morgan fingerprint density at radius 2 is 0.870 bits per heavy atom. The monoisotopic (exact) mass is 929 g/mol. The SMILES string of the molecule is c1ccc([Si]2(c3ccccc3)c3ccccc3[Si]3(c4ccccc4Oc4ccccc43)c3ccc(N(c4ccc(-c5cccc6ccccc56)cc4)c4cccc5c4sc4ccccc45)cc32)cc1. The van der Waals surface area contributed by atoms with E-state index in [1.54, 1.807) is 0 Å². The zero-order valence-electron chi connectivity index (χ0n) is 37.6. The quantitative estimate of drug-likeness (QED) is 0.154. The van der Waals surface area contributed by atoms with Crippen LogP contribution in [0.25, 0.3) is 42.1 Å². The lowest BCUT2D eigenvalue weighted by molar-refractivity contribution is 0.487. The van der Waals surface area contributed by atoms with Crippen LogP contribution in [0.2, 0.25) is 0 Å². The third-order valence-corrected chi connectivity index (χ3v) is 26.4. The molecule has 12 aromatic rings. The van der Waals surface area contributed by atoms with Crippen LogP contribution in [-0.2, 0) is 0 Å². The van der Waals surface area contributed by atoms with E-state index in [1.165, 1.54) is 89.3 Å². The summed E-state index contributed by atoms with van der Waals surface area (Å²) in [5, 5.41) is 16.2. The van der Waals surface area contributed by atoms with Gasteiger partial charge in [-0.2, -0.15) is 0 Å². The summed E-state index contributed by atoms with van der Waals surface area (Å²) in [5.74, 6) is 1.90. The molecule has 0 bridgehead atoms. The number of nitrogens with zero attached hydrogens (tertiary/aromatic N) is 1. The Kier molecular flexibility index (Phi) is 9.14. The van der Waals surface area contributed by atoms with Crippen molar-refractivity contribution in [1.82, 2.24) is 0 Å². The minimum Gasteiger partial charge on any atom is -0.458 e. The van der Waals surface area contributed by atoms with E-state index in [-0.39, 0.29) is 0 Å². The van der Waals surface area contributed by atoms with Crippen LogP contribution in [0.5, 0.6) is 11.5 Å². The fourth-order valence-electron chi connectivity index (χ4n) is 12.1. The van der Waals surface area contributed by atoms with Crippen molar-refractivity contribution in [2.75, 3.05) is 4.90 Å². The average Bonchev–Trinajstić information content (AvgIpc) is 3.81. The van der Waals surface area contributed by atoms with Crippen LogP contribution in [0.15, 0.2) is 261 Å². The summed E-state index contributed by atoms with van der Waals surface area (Å²) >= 11 is 1.88. The lowest BCUT2D eigenvalue weighted by Gasteiger charge is -2.50. The van der Waals surface area contributed by atoms with Gasteiger partial charge in [-0.05, 0) is 112 Å². The Balaban J connectivity index is 1.10. The van der Waals surface area contributed by atoms with Crippen LogP contribution in [-0.4, -0.2) is 16.1 Å². The number of thiophene rings is 1. The summed E-state index contributed by atoms with van der Waals surface area (Å²) in [5.41, 5.74) is 5.85. The highest BCUT2D eigenvalue weighted by Crippen LogP contribution is 2.45. The first-order chi connectivity index (χ1) is 34.2. The van der Waals surface area contributed by atoms with Gasteiger partial charge in [0.2, 0.25) is 0 Å². The van der Waals surface area contributed by atoms with Crippen molar-refractivity contribution in [2.45, 2.75) is 0 Å². The third-order valence-electron chi connectivity index (χ3n) is 14.9. The first-order valence-electron chi connectivity index (χ1n) is 23.7. The van der Waals surface area contributed by atoms with Crippen molar-refractivity contribution in [2.24, 2.45) is 0 Å². The van der Waals surface area contributed by atoms with Crippen LogP contribution < -0.4 is 51.1 Å². The first kappa shape index (κ1) is 40.0. The van der Waals surface area contributed by atoms with E-state index in [0.717, 1.165) is 22.9 Å². The van der Waals surface area contributed by atoms with E-state index in [1.807, 2.05) is 11.3 Å². The molecule has 324 valence electrons. The average molecular weight is 930 g/mol. The van der Waals surface area contributed by atoms with Crippen LogP contribution in [0.3, 0.4) is 0 Å². The highest BCUT2D eigenvalue weighted by Gasteiger charge is 2.59. The zero-order chi connectivity index (χ0) is 45.5. The summed E-state index contributed by atoms with van der Waals surface area (Å²) in [4.78, 5) is 2.54. The second kappa shape index (κ2) is 15.8. The molecule has 0 atom stereocenters. The predicted molar refractivity (Wildman–Crippen MR) is 298 cm³/mol. The van der Waals surface area contributed by atoms with E-state index in [0.29, 0.717) is 0 Å². The second-order valence-electron chi connectivity index (χ2n) is 18.3. The van der Waals surface area contributed by atoms with Gasteiger partial charge in [0.1, 0.15) is 11.5 Å². The molecule has 2 nitrogen and oxygen atoms in total. The fraction of sp³-hybridized carbons (Fsp3) is 0. The predicted octanol–water partition coefficient (Wildman–Crippen LogP) is 11.5. The maximum absolute atomic E-state index is 6.90. The van der Waals surface area contributed by atoms with E-state index in [9.17, 15) is 0 Å². The fourth-order valence-corrected chi connectivity index (χ4v) is 25.6. The van der Waals surface area contributed by atoms with Gasteiger partial charge in [-0.1, -0.05) is 212 Å². The molecule has 1 spiro atoms. The molecule has 0 radical (unpaired) electrons. The second-order valence-corrected chi connectivity index (χ2v) is 26.7. The van der Waals surface area contributed by atoms with E-state index in [2.05, 4.69) is 266 Å². The molecule has 0 aliphatic carbocycles. The molecule has 0 saturated heterocycles. The topological polar surface area (TPSA) is 12.5 Å². The molecule has 3 heterocycles. The highest BCUT2D eigenvalue weighted by atomic mass is 32.1. The Bertz CT molecular complexity index is 3870. The van der Waals surface area contributed by atoms with Crippen molar-refractivity contribution in [3.05, 3.63) is 261 Å². The molecule has 0 amide bonds. The summed E-state index contributed by atoms with van der Waals surface area (Å²) in [6.07, 6.45) is 0. The molecular weight excluding hydrogens is 887 g/mol. The maximum atomic E-state index is 6.90. The molecule has 11 aromatic carbocycles. The minimum atomic E-state index is -3.10. The van der Waals surface area contributed by atoms with Crippen LogP contribution >= 0.6 is 11.3 Å². The number of anilines is 3. The van der Waals surface area contributed by atoms with Gasteiger partial charge in [0.15, 0.2) is 16.1 Å². The van der Waals surface area contributed by atoms with Gasteiger partial charge in [0.25, 0.3) is 0 Å². The number of ether oxygens (including phenoxy) is 1. The number of fused-ring (bicyclic) bond motifs is 12. The Labute approximate surface area is 407 Å². The van der Waals surface area contributed by atoms with Crippen molar-refractivity contribution in [3.63, 3.8) is 0 Å². The summed E-state index contributed by atoms with van der Waals surface area (Å²) < 4.78 is 9.46. The lowest BCUT2D eigenvalue weighted by Crippen LogP contribution is -2.93. The van der Waals surface area contributed by atoms with E-state index < -0.39 is 16.1 Å². The van der Waals surface area contributed by atoms with Crippen molar-refractivity contribution < 1.29 is 4.74 Å². The number of benzene rings is 11. The lowest BCUT2D eigenvalue weighted by atomic mass is 9.98. The largest absolute Gasteiger partial charge is 0.458 e. The third kappa shape index (κ3) is 5.82. The van der Waals surface area contributed by atoms with Crippen LogP contribution in [0.4, 0.5) is 17.1 Å². The van der Waals surface area contributed by atoms with Crippen molar-refractivity contribution in [1.29, 1.82) is 0 Å². The molecule has 0 unspecified atom stereocenters. The normalized spacial score (nSPS) is 13.9. The molecule has 69 heavy (non-hydrogen) atoms. The molecular formula is C64H43NOSSi2. The summed E-state index contributed by atoms with van der Waals surface area (Å²) in [6.45, 7) is 0. The maximum Gasteiger partial charge on any atom is 0.188 e. The van der Waals surface area contributed by atoms with Gasteiger partial charge >= 0.3 is 0 Å². The molecule has 5 heteroatoms. The van der Waals surface area contributed by atoms with Gasteiger partial charge in [-0.25, -0.2) is 0 Å². The van der Waals surface area contributed by atoms with Gasteiger partial charge in [0, 0.05) is 26.8 Å². The molecule has 2 aliphatic rings. The summed E-state index contributed by atoms with van der Waals surface area (Å²) in [6, 6.07) is 98.1. The smallest absolute Gasteiger partial charge is 0.188 e. The van der Waals surface area contributed by atoms with Crippen molar-refractivity contribution in [3.8, 4) is 22.6 Å². The number of rotatable bonds is 6. The highest BCUT2D eigenvalue weighted by molar-refractivity contribution is 7.33. The first-order valence-corrected chi connectivity index (χ1v) is 28.6. The molecule has 0 N–H and O–H groups in total. The minimum absolute atomic E-state index is 0.950. The van der Waals surface area contributed by atoms with Gasteiger partial charge < -0.3 is 9.64 Å². The molecule has 2 aliphatic heterocycles. The zero-order valence-corrected chi connectivity index (χ0v) is 40.4. The van der Waals surface area contributed by atoms with E-state index in [4.69, 9.17) is 4.74 Å². The Hall–Kier alpha value is -8.07. The van der Waals surface area contributed by atoms with Gasteiger partial charge in [-0.15, -0.1) is 11.3 Å². The Morgan fingerprint density at radius 1 is 0.348 bits per heavy atom. The number of hydrogen-bond donors (Lipinski definition) is 0. The molecule has 1 aromatic heterocycles. The number of hydrogen-bond acceptors (Lipinski definition) is 3.